The van der Waals surface area contributed by atoms with Crippen LogP contribution in [0, 0.1) is 11.8 Å². The Balaban J connectivity index is 1.60. The highest BCUT2D eigenvalue weighted by molar-refractivity contribution is 7.13. The average Bonchev–Trinajstić information content (AvgIpc) is 3.22. The minimum Gasteiger partial charge on any atom is -0.477 e. The Labute approximate surface area is 168 Å². The normalized spacial score (nSPS) is 24.4. The highest BCUT2D eigenvalue weighted by Crippen LogP contribution is 2.40. The molecule has 27 heavy (non-hydrogen) atoms. The number of carboxylic acid groups (broad SMARTS) is 1. The van der Waals surface area contributed by atoms with Gasteiger partial charge < -0.3 is 10.2 Å². The Hall–Kier alpha value is -1.84. The molecule has 0 radical (unpaired) electrons. The highest BCUT2D eigenvalue weighted by atomic mass is 35.5. The largest absolute Gasteiger partial charge is 0.477 e. The quantitative estimate of drug-likeness (QED) is 0.491. The van der Waals surface area contributed by atoms with Crippen molar-refractivity contribution in [2.45, 2.75) is 37.2 Å². The molecule has 0 aliphatic heterocycles. The molecule has 3 rings (SSSR count). The van der Waals surface area contributed by atoms with Crippen molar-refractivity contribution in [1.29, 1.82) is 0 Å². The lowest BCUT2D eigenvalue weighted by molar-refractivity contribution is 0.0702. The molecular formula is C22H23ClO3S. The summed E-state index contributed by atoms with van der Waals surface area (Å²) < 4.78 is 0. The first-order chi connectivity index (χ1) is 13.0. The molecule has 1 saturated carbocycles. The lowest BCUT2D eigenvalue weighted by Gasteiger charge is -2.19. The van der Waals surface area contributed by atoms with Crippen LogP contribution in [0.25, 0.3) is 6.08 Å². The molecule has 4 atom stereocenters. The summed E-state index contributed by atoms with van der Waals surface area (Å²) in [5.74, 6) is -0.663. The third kappa shape index (κ3) is 5.33. The molecule has 3 nitrogen and oxygen atoms in total. The van der Waals surface area contributed by atoms with Crippen LogP contribution in [0.4, 0.5) is 0 Å². The van der Waals surface area contributed by atoms with Gasteiger partial charge in [0, 0.05) is 16.2 Å². The first kappa shape index (κ1) is 19.9. The Morgan fingerprint density at radius 3 is 2.74 bits per heavy atom. The molecule has 0 amide bonds. The van der Waals surface area contributed by atoms with E-state index in [9.17, 15) is 9.90 Å². The van der Waals surface area contributed by atoms with Crippen LogP contribution in [0.15, 0.2) is 54.3 Å². The van der Waals surface area contributed by atoms with E-state index in [1.165, 1.54) is 11.3 Å². The van der Waals surface area contributed by atoms with E-state index < -0.39 is 12.1 Å². The second kappa shape index (κ2) is 9.38. The van der Waals surface area contributed by atoms with Crippen molar-refractivity contribution < 1.29 is 15.0 Å². The summed E-state index contributed by atoms with van der Waals surface area (Å²) in [6, 6.07) is 13.5. The van der Waals surface area contributed by atoms with Crippen LogP contribution in [-0.4, -0.2) is 27.7 Å². The second-order valence-corrected chi connectivity index (χ2v) is 8.64. The van der Waals surface area contributed by atoms with E-state index in [4.69, 9.17) is 16.7 Å². The number of benzene rings is 1. The van der Waals surface area contributed by atoms with Crippen LogP contribution in [-0.2, 0) is 6.42 Å². The molecular weight excluding hydrogens is 380 g/mol. The van der Waals surface area contributed by atoms with E-state index in [2.05, 4.69) is 5.73 Å². The van der Waals surface area contributed by atoms with Gasteiger partial charge in [-0.15, -0.1) is 28.7 Å². The number of halogens is 1. The van der Waals surface area contributed by atoms with Crippen LogP contribution in [0.2, 0.25) is 0 Å². The summed E-state index contributed by atoms with van der Waals surface area (Å²) in [4.78, 5) is 12.4. The molecule has 1 aromatic carbocycles. The molecule has 1 heterocycles. The summed E-state index contributed by atoms with van der Waals surface area (Å²) >= 11 is 7.83. The summed E-state index contributed by atoms with van der Waals surface area (Å²) in [5, 5.41) is 19.3. The first-order valence-electron chi connectivity index (χ1n) is 9.16. The summed E-state index contributed by atoms with van der Waals surface area (Å²) in [6.45, 7) is 0. The summed E-state index contributed by atoms with van der Waals surface area (Å²) in [5.41, 5.74) is 4.29. The Morgan fingerprint density at radius 2 is 2.04 bits per heavy atom. The maximum absolute atomic E-state index is 11.0. The Bertz CT molecular complexity index is 823. The average molecular weight is 403 g/mol. The van der Waals surface area contributed by atoms with E-state index in [-0.39, 0.29) is 17.2 Å². The number of hydrogen-bond donors (Lipinski definition) is 2. The van der Waals surface area contributed by atoms with Crippen LogP contribution >= 0.6 is 22.9 Å². The zero-order valence-electron chi connectivity index (χ0n) is 14.9. The zero-order valence-corrected chi connectivity index (χ0v) is 16.5. The van der Waals surface area contributed by atoms with Crippen molar-refractivity contribution >= 4 is 35.0 Å². The summed E-state index contributed by atoms with van der Waals surface area (Å²) in [6.07, 6.45) is 6.71. The van der Waals surface area contributed by atoms with E-state index in [0.29, 0.717) is 11.3 Å². The first-order valence-corrected chi connectivity index (χ1v) is 10.4. The van der Waals surface area contributed by atoms with Crippen LogP contribution in [0.1, 0.15) is 39.4 Å². The van der Waals surface area contributed by atoms with Gasteiger partial charge >= 0.3 is 5.97 Å². The van der Waals surface area contributed by atoms with Gasteiger partial charge in [-0.25, -0.2) is 4.79 Å². The van der Waals surface area contributed by atoms with Crippen molar-refractivity contribution in [2.24, 2.45) is 11.8 Å². The lowest BCUT2D eigenvalue weighted by atomic mass is 9.89. The number of carbonyl (C=O) groups is 1. The van der Waals surface area contributed by atoms with Crippen LogP contribution < -0.4 is 0 Å². The van der Waals surface area contributed by atoms with Gasteiger partial charge in [0.05, 0.1) is 6.10 Å². The van der Waals surface area contributed by atoms with Crippen LogP contribution in [0.5, 0.6) is 0 Å². The molecule has 0 unspecified atom stereocenters. The maximum Gasteiger partial charge on any atom is 0.345 e. The molecule has 2 aromatic rings. The molecule has 0 bridgehead atoms. The standard InChI is InChI=1S/C22H23ClO3S/c23-19-14-20(24)18(11-4-8-15-6-2-1-3-7-15)17(19)10-5-9-16-12-13-21(27-16)22(25)26/h1-3,6-8,11-13,17-20,24H,5,9-10,14H2,(H,25,26)/t4?,17-,18+,19+,20-/m1/s1. The number of rotatable bonds is 7. The fraction of sp³-hybridized carbons (Fsp3) is 0.364. The third-order valence-electron chi connectivity index (χ3n) is 5.04. The van der Waals surface area contributed by atoms with Crippen molar-refractivity contribution in [3.63, 3.8) is 0 Å². The van der Waals surface area contributed by atoms with Gasteiger partial charge in [-0.05, 0) is 61.4 Å². The Kier molecular flexibility index (Phi) is 6.92. The van der Waals surface area contributed by atoms with Gasteiger partial charge in [0.25, 0.3) is 0 Å². The van der Waals surface area contributed by atoms with Gasteiger partial charge in [0.1, 0.15) is 4.88 Å². The van der Waals surface area contributed by atoms with Crippen molar-refractivity contribution in [3.8, 4) is 0 Å². The van der Waals surface area contributed by atoms with Gasteiger partial charge in [0.15, 0.2) is 0 Å². The molecule has 0 saturated heterocycles. The molecule has 142 valence electrons. The SMILES string of the molecule is O=C(O)c1ccc(CCC[C@@H]2[C@H](C=C=Cc3ccccc3)[C@H](O)C[C@@H]2Cl)s1. The van der Waals surface area contributed by atoms with E-state index in [1.807, 2.05) is 48.6 Å². The molecule has 0 spiro atoms. The monoisotopic (exact) mass is 402 g/mol. The number of hydrogen-bond acceptors (Lipinski definition) is 3. The predicted molar refractivity (Wildman–Crippen MR) is 110 cm³/mol. The topological polar surface area (TPSA) is 57.5 Å². The van der Waals surface area contributed by atoms with E-state index >= 15 is 0 Å². The van der Waals surface area contributed by atoms with Gasteiger partial charge in [0.2, 0.25) is 0 Å². The molecule has 1 aliphatic rings. The van der Waals surface area contributed by atoms with Gasteiger partial charge in [-0.1, -0.05) is 30.3 Å². The molecule has 2 N–H and O–H groups in total. The fourth-order valence-electron chi connectivity index (χ4n) is 3.64. The predicted octanol–water partition coefficient (Wildman–Crippen LogP) is 5.24. The van der Waals surface area contributed by atoms with Crippen molar-refractivity contribution in [1.82, 2.24) is 0 Å². The fourth-order valence-corrected chi connectivity index (χ4v) is 5.01. The number of aliphatic hydroxyl groups is 1. The highest BCUT2D eigenvalue weighted by Gasteiger charge is 2.39. The number of aromatic carboxylic acids is 1. The lowest BCUT2D eigenvalue weighted by Crippen LogP contribution is -2.18. The number of aliphatic hydroxyl groups excluding tert-OH is 1. The third-order valence-corrected chi connectivity index (χ3v) is 6.68. The second-order valence-electron chi connectivity index (χ2n) is 6.91. The molecule has 5 heteroatoms. The Morgan fingerprint density at radius 1 is 1.26 bits per heavy atom. The minimum atomic E-state index is -0.874. The van der Waals surface area contributed by atoms with Gasteiger partial charge in [-0.2, -0.15) is 0 Å². The van der Waals surface area contributed by atoms with Crippen molar-refractivity contribution in [3.05, 3.63) is 69.6 Å². The molecule has 1 fully saturated rings. The van der Waals surface area contributed by atoms with E-state index in [1.54, 1.807) is 6.07 Å². The zero-order chi connectivity index (χ0) is 19.2. The van der Waals surface area contributed by atoms with Crippen molar-refractivity contribution in [2.75, 3.05) is 0 Å². The molecule has 1 aromatic heterocycles. The van der Waals surface area contributed by atoms with Crippen LogP contribution in [0.3, 0.4) is 0 Å². The number of thiophene rings is 1. The maximum atomic E-state index is 11.0. The summed E-state index contributed by atoms with van der Waals surface area (Å²) in [7, 11) is 0. The number of alkyl halides is 1. The minimum absolute atomic E-state index is 0.00498. The molecule has 1 aliphatic carbocycles. The van der Waals surface area contributed by atoms with E-state index in [0.717, 1.165) is 29.7 Å². The number of aryl methyl sites for hydroxylation is 1. The van der Waals surface area contributed by atoms with Gasteiger partial charge in [-0.3, -0.25) is 0 Å². The smallest absolute Gasteiger partial charge is 0.345 e. The number of carboxylic acids is 1.